The number of nitrogens with one attached hydrogen (secondary N) is 1. The molecule has 0 aromatic carbocycles. The van der Waals surface area contributed by atoms with Crippen molar-refractivity contribution in [3.8, 4) is 0 Å². The standard InChI is InChI=1S/C15H27F3N2O3/c1-14(2)5-3-11(4-6-14)19-13(23)20(9-12(22)10-21)8-7-15(16,17)18/h11-12,21-22H,3-10H2,1-2H3,(H,19,23)/t12-/m0/s1. The number of carbonyl (C=O) groups excluding carboxylic acids is 1. The molecule has 3 N–H and O–H groups in total. The number of urea groups is 1. The van der Waals surface area contributed by atoms with E-state index in [1.165, 1.54) is 0 Å². The first-order chi connectivity index (χ1) is 10.5. The van der Waals surface area contributed by atoms with E-state index >= 15 is 0 Å². The third kappa shape index (κ3) is 7.87. The van der Waals surface area contributed by atoms with Gasteiger partial charge in [-0.2, -0.15) is 13.2 Å². The Morgan fingerprint density at radius 1 is 1.35 bits per heavy atom. The molecule has 0 bridgehead atoms. The van der Waals surface area contributed by atoms with Crippen molar-refractivity contribution >= 4 is 6.03 Å². The Kier molecular flexibility index (Phi) is 7.13. The third-order valence-electron chi connectivity index (χ3n) is 4.26. The molecule has 2 amide bonds. The van der Waals surface area contributed by atoms with Crippen LogP contribution < -0.4 is 5.32 Å². The zero-order valence-corrected chi connectivity index (χ0v) is 13.7. The molecule has 136 valence electrons. The van der Waals surface area contributed by atoms with Crippen LogP contribution >= 0.6 is 0 Å². The van der Waals surface area contributed by atoms with Gasteiger partial charge in [0.2, 0.25) is 0 Å². The molecule has 1 saturated carbocycles. The molecule has 1 atom stereocenters. The summed E-state index contributed by atoms with van der Waals surface area (Å²) in [4.78, 5) is 13.1. The van der Waals surface area contributed by atoms with Crippen LogP contribution in [0.2, 0.25) is 0 Å². The van der Waals surface area contributed by atoms with Gasteiger partial charge < -0.3 is 20.4 Å². The second-order valence-electron chi connectivity index (χ2n) is 7.04. The molecular weight excluding hydrogens is 313 g/mol. The summed E-state index contributed by atoms with van der Waals surface area (Å²) in [6.07, 6.45) is -3.31. The van der Waals surface area contributed by atoms with Gasteiger partial charge in [0.15, 0.2) is 0 Å². The molecule has 1 aliphatic carbocycles. The number of hydrogen-bond donors (Lipinski definition) is 3. The first-order valence-electron chi connectivity index (χ1n) is 7.93. The lowest BCUT2D eigenvalue weighted by Gasteiger charge is -2.36. The lowest BCUT2D eigenvalue weighted by Crippen LogP contribution is -2.50. The molecule has 1 fully saturated rings. The van der Waals surface area contributed by atoms with Gasteiger partial charge in [-0.1, -0.05) is 13.8 Å². The van der Waals surface area contributed by atoms with Gasteiger partial charge in [0.05, 0.1) is 25.7 Å². The summed E-state index contributed by atoms with van der Waals surface area (Å²) in [6, 6.07) is -0.679. The van der Waals surface area contributed by atoms with Crippen molar-refractivity contribution in [1.29, 1.82) is 0 Å². The number of hydrogen-bond acceptors (Lipinski definition) is 3. The van der Waals surface area contributed by atoms with Crippen LogP contribution in [0.1, 0.15) is 46.0 Å². The molecule has 5 nitrogen and oxygen atoms in total. The fourth-order valence-electron chi connectivity index (χ4n) is 2.66. The maximum absolute atomic E-state index is 12.4. The fraction of sp³-hybridized carbons (Fsp3) is 0.933. The molecule has 0 aromatic heterocycles. The average molecular weight is 340 g/mol. The molecule has 0 spiro atoms. The van der Waals surface area contributed by atoms with Crippen LogP contribution in [-0.2, 0) is 0 Å². The van der Waals surface area contributed by atoms with Crippen LogP contribution in [0, 0.1) is 5.41 Å². The number of aliphatic hydroxyl groups is 2. The highest BCUT2D eigenvalue weighted by Gasteiger charge is 2.32. The third-order valence-corrected chi connectivity index (χ3v) is 4.26. The SMILES string of the molecule is CC1(C)CCC(NC(=O)N(CCC(F)(F)F)C[C@H](O)CO)CC1. The maximum atomic E-state index is 12.4. The van der Waals surface area contributed by atoms with Crippen molar-refractivity contribution in [2.24, 2.45) is 5.41 Å². The Hall–Kier alpha value is -1.02. The van der Waals surface area contributed by atoms with Crippen LogP contribution in [0.3, 0.4) is 0 Å². The predicted molar refractivity (Wildman–Crippen MR) is 79.9 cm³/mol. The Morgan fingerprint density at radius 3 is 2.39 bits per heavy atom. The number of aliphatic hydroxyl groups excluding tert-OH is 2. The molecule has 23 heavy (non-hydrogen) atoms. The predicted octanol–water partition coefficient (Wildman–Crippen LogP) is 2.27. The molecular formula is C15H27F3N2O3. The van der Waals surface area contributed by atoms with Crippen molar-refractivity contribution in [3.63, 3.8) is 0 Å². The Balaban J connectivity index is 2.56. The Morgan fingerprint density at radius 2 is 1.91 bits per heavy atom. The zero-order valence-electron chi connectivity index (χ0n) is 13.7. The minimum absolute atomic E-state index is 0.0600. The second-order valence-corrected chi connectivity index (χ2v) is 7.04. The van der Waals surface area contributed by atoms with E-state index in [4.69, 9.17) is 5.11 Å². The molecule has 8 heteroatoms. The van der Waals surface area contributed by atoms with Crippen molar-refractivity contribution in [2.75, 3.05) is 19.7 Å². The average Bonchev–Trinajstić information content (AvgIpc) is 2.44. The minimum atomic E-state index is -4.38. The number of halogens is 3. The highest BCUT2D eigenvalue weighted by atomic mass is 19.4. The molecule has 1 aliphatic rings. The van der Waals surface area contributed by atoms with Crippen LogP contribution in [0.25, 0.3) is 0 Å². The fourth-order valence-corrected chi connectivity index (χ4v) is 2.66. The lowest BCUT2D eigenvalue weighted by molar-refractivity contribution is -0.137. The van der Waals surface area contributed by atoms with Crippen LogP contribution in [0.15, 0.2) is 0 Å². The van der Waals surface area contributed by atoms with Crippen molar-refractivity contribution in [3.05, 3.63) is 0 Å². The second kappa shape index (κ2) is 8.19. The van der Waals surface area contributed by atoms with Gasteiger partial charge in [-0.3, -0.25) is 0 Å². The highest BCUT2D eigenvalue weighted by Crippen LogP contribution is 2.35. The van der Waals surface area contributed by atoms with E-state index < -0.39 is 37.9 Å². The minimum Gasteiger partial charge on any atom is -0.394 e. The van der Waals surface area contributed by atoms with E-state index in [0.717, 1.165) is 30.6 Å². The monoisotopic (exact) mass is 340 g/mol. The van der Waals surface area contributed by atoms with Gasteiger partial charge in [-0.25, -0.2) is 4.79 Å². The van der Waals surface area contributed by atoms with E-state index in [0.29, 0.717) is 0 Å². The topological polar surface area (TPSA) is 72.8 Å². The van der Waals surface area contributed by atoms with Gasteiger partial charge in [-0.05, 0) is 31.1 Å². The van der Waals surface area contributed by atoms with Crippen LogP contribution in [0.4, 0.5) is 18.0 Å². The van der Waals surface area contributed by atoms with Crippen molar-refractivity contribution in [1.82, 2.24) is 10.2 Å². The molecule has 0 heterocycles. The molecule has 1 rings (SSSR count). The summed E-state index contributed by atoms with van der Waals surface area (Å²) in [7, 11) is 0. The molecule has 0 saturated heterocycles. The molecule has 0 aromatic rings. The van der Waals surface area contributed by atoms with E-state index in [1.54, 1.807) is 0 Å². The molecule has 0 radical (unpaired) electrons. The number of carbonyl (C=O) groups is 1. The zero-order chi connectivity index (χ0) is 17.7. The van der Waals surface area contributed by atoms with Crippen molar-refractivity contribution < 1.29 is 28.2 Å². The Labute approximate surface area is 134 Å². The largest absolute Gasteiger partial charge is 0.394 e. The first kappa shape index (κ1) is 20.0. The van der Waals surface area contributed by atoms with E-state index in [2.05, 4.69) is 19.2 Å². The van der Waals surface area contributed by atoms with Gasteiger partial charge in [0, 0.05) is 12.6 Å². The summed E-state index contributed by atoms with van der Waals surface area (Å²) < 4.78 is 37.1. The van der Waals surface area contributed by atoms with Gasteiger partial charge in [0.1, 0.15) is 0 Å². The van der Waals surface area contributed by atoms with Crippen LogP contribution in [-0.4, -0.2) is 59.2 Å². The molecule has 0 aliphatic heterocycles. The quantitative estimate of drug-likeness (QED) is 0.694. The smallest absolute Gasteiger partial charge is 0.390 e. The Bertz CT molecular complexity index is 379. The summed E-state index contributed by atoms with van der Waals surface area (Å²) in [6.45, 7) is 2.84. The van der Waals surface area contributed by atoms with Crippen LogP contribution in [0.5, 0.6) is 0 Å². The highest BCUT2D eigenvalue weighted by molar-refractivity contribution is 5.74. The number of rotatable bonds is 6. The summed E-state index contributed by atoms with van der Waals surface area (Å²) >= 11 is 0. The van der Waals surface area contributed by atoms with E-state index in [-0.39, 0.29) is 18.0 Å². The summed E-state index contributed by atoms with van der Waals surface area (Å²) in [5.41, 5.74) is 0.226. The number of alkyl halides is 3. The summed E-state index contributed by atoms with van der Waals surface area (Å²) in [5.74, 6) is 0. The number of nitrogens with zero attached hydrogens (tertiary/aromatic N) is 1. The maximum Gasteiger partial charge on any atom is 0.390 e. The van der Waals surface area contributed by atoms with Gasteiger partial charge in [0.25, 0.3) is 0 Å². The number of amides is 2. The van der Waals surface area contributed by atoms with Gasteiger partial charge in [-0.15, -0.1) is 0 Å². The molecule has 0 unspecified atom stereocenters. The van der Waals surface area contributed by atoms with E-state index in [9.17, 15) is 23.1 Å². The first-order valence-corrected chi connectivity index (χ1v) is 7.93. The van der Waals surface area contributed by atoms with Gasteiger partial charge >= 0.3 is 12.2 Å². The summed E-state index contributed by atoms with van der Waals surface area (Å²) in [5, 5.41) is 21.0. The normalized spacial score (nSPS) is 20.1. The van der Waals surface area contributed by atoms with Crippen molar-refractivity contribution in [2.45, 2.75) is 64.3 Å². The van der Waals surface area contributed by atoms with E-state index in [1.807, 2.05) is 0 Å². The lowest BCUT2D eigenvalue weighted by atomic mass is 9.75.